The smallest absolute Gasteiger partial charge is 0.305 e. The van der Waals surface area contributed by atoms with Gasteiger partial charge in [0.1, 0.15) is 11.4 Å². The van der Waals surface area contributed by atoms with E-state index in [0.717, 1.165) is 0 Å². The van der Waals surface area contributed by atoms with E-state index >= 15 is 0 Å². The zero-order chi connectivity index (χ0) is 14.7. The zero-order valence-electron chi connectivity index (χ0n) is 11.3. The fourth-order valence-electron chi connectivity index (χ4n) is 1.99. The Balaban J connectivity index is 2.21. The van der Waals surface area contributed by atoms with Crippen molar-refractivity contribution in [1.82, 2.24) is 19.7 Å². The molecular weight excluding hydrogens is 260 g/mol. The van der Waals surface area contributed by atoms with Gasteiger partial charge >= 0.3 is 5.97 Å². The topological polar surface area (TPSA) is 89.2 Å². The Hall–Kier alpha value is -2.57. The molecule has 0 aliphatic carbocycles. The van der Waals surface area contributed by atoms with E-state index in [9.17, 15) is 9.59 Å². The van der Waals surface area contributed by atoms with Crippen molar-refractivity contribution in [3.8, 4) is 5.82 Å². The van der Waals surface area contributed by atoms with Crippen LogP contribution in [0.4, 0.5) is 0 Å². The van der Waals surface area contributed by atoms with Gasteiger partial charge in [-0.15, -0.1) is 0 Å². The first-order valence-corrected chi connectivity index (χ1v) is 6.17. The van der Waals surface area contributed by atoms with Crippen LogP contribution in [0, 0.1) is 0 Å². The first-order chi connectivity index (χ1) is 9.49. The normalized spacial score (nSPS) is 12.1. The fourth-order valence-corrected chi connectivity index (χ4v) is 1.99. The Kier molecular flexibility index (Phi) is 3.88. The minimum atomic E-state index is -0.949. The van der Waals surface area contributed by atoms with Gasteiger partial charge in [0.15, 0.2) is 0 Å². The Morgan fingerprint density at radius 2 is 2.05 bits per heavy atom. The van der Waals surface area contributed by atoms with E-state index in [4.69, 9.17) is 5.11 Å². The van der Waals surface area contributed by atoms with Crippen LogP contribution in [-0.4, -0.2) is 37.4 Å². The van der Waals surface area contributed by atoms with Crippen molar-refractivity contribution in [1.29, 1.82) is 0 Å². The molecule has 7 heteroatoms. The SMILES string of the molecule is CC(CC(=O)O)NC(=O)c1cnn(C)c1-n1cccc1. The number of hydrogen-bond acceptors (Lipinski definition) is 3. The second-order valence-electron chi connectivity index (χ2n) is 4.57. The number of nitrogens with zero attached hydrogens (tertiary/aromatic N) is 3. The van der Waals surface area contributed by atoms with Gasteiger partial charge in [0, 0.05) is 25.5 Å². The molecule has 0 aliphatic heterocycles. The summed E-state index contributed by atoms with van der Waals surface area (Å²) < 4.78 is 3.38. The number of aryl methyl sites for hydroxylation is 1. The van der Waals surface area contributed by atoms with Gasteiger partial charge in [0.25, 0.3) is 5.91 Å². The van der Waals surface area contributed by atoms with Crippen molar-refractivity contribution in [2.45, 2.75) is 19.4 Å². The monoisotopic (exact) mass is 276 g/mol. The van der Waals surface area contributed by atoms with Crippen LogP contribution in [0.1, 0.15) is 23.7 Å². The molecule has 2 N–H and O–H groups in total. The Morgan fingerprint density at radius 3 is 2.65 bits per heavy atom. The second-order valence-corrected chi connectivity index (χ2v) is 4.57. The van der Waals surface area contributed by atoms with E-state index in [1.54, 1.807) is 23.2 Å². The summed E-state index contributed by atoms with van der Waals surface area (Å²) in [5, 5.41) is 15.4. The van der Waals surface area contributed by atoms with Gasteiger partial charge < -0.3 is 15.0 Å². The van der Waals surface area contributed by atoms with Crippen molar-refractivity contribution < 1.29 is 14.7 Å². The highest BCUT2D eigenvalue weighted by Gasteiger charge is 2.19. The highest BCUT2D eigenvalue weighted by atomic mass is 16.4. The Morgan fingerprint density at radius 1 is 1.40 bits per heavy atom. The van der Waals surface area contributed by atoms with Gasteiger partial charge in [0.2, 0.25) is 0 Å². The van der Waals surface area contributed by atoms with Crippen LogP contribution < -0.4 is 5.32 Å². The molecule has 0 spiro atoms. The fraction of sp³-hybridized carbons (Fsp3) is 0.308. The lowest BCUT2D eigenvalue weighted by Crippen LogP contribution is -2.34. The molecule has 2 heterocycles. The van der Waals surface area contributed by atoms with Crippen molar-refractivity contribution >= 4 is 11.9 Å². The number of carboxylic acid groups (broad SMARTS) is 1. The maximum absolute atomic E-state index is 12.2. The molecule has 2 aromatic heterocycles. The molecule has 7 nitrogen and oxygen atoms in total. The van der Waals surface area contributed by atoms with Crippen LogP contribution in [0.5, 0.6) is 0 Å². The summed E-state index contributed by atoms with van der Waals surface area (Å²) in [5.74, 6) is -0.653. The highest BCUT2D eigenvalue weighted by molar-refractivity contribution is 5.97. The molecule has 106 valence electrons. The van der Waals surface area contributed by atoms with Gasteiger partial charge in [0.05, 0.1) is 12.6 Å². The average molecular weight is 276 g/mol. The maximum Gasteiger partial charge on any atom is 0.305 e. The summed E-state index contributed by atoms with van der Waals surface area (Å²) >= 11 is 0. The lowest BCUT2D eigenvalue weighted by Gasteiger charge is -2.12. The van der Waals surface area contributed by atoms with E-state index in [-0.39, 0.29) is 12.3 Å². The van der Waals surface area contributed by atoms with Crippen molar-refractivity contribution in [2.75, 3.05) is 0 Å². The average Bonchev–Trinajstić information content (AvgIpc) is 2.95. The number of rotatable bonds is 5. The van der Waals surface area contributed by atoms with E-state index in [0.29, 0.717) is 11.4 Å². The first kappa shape index (κ1) is 13.9. The molecule has 0 fully saturated rings. The molecule has 1 atom stereocenters. The number of nitrogens with one attached hydrogen (secondary N) is 1. The summed E-state index contributed by atoms with van der Waals surface area (Å²) in [7, 11) is 1.74. The Bertz CT molecular complexity index is 616. The molecule has 0 aliphatic rings. The molecule has 1 amide bonds. The van der Waals surface area contributed by atoms with Gasteiger partial charge in [-0.2, -0.15) is 5.10 Å². The van der Waals surface area contributed by atoms with Crippen LogP contribution in [0.3, 0.4) is 0 Å². The number of amides is 1. The zero-order valence-corrected chi connectivity index (χ0v) is 11.3. The summed E-state index contributed by atoms with van der Waals surface area (Å²) in [4.78, 5) is 22.8. The maximum atomic E-state index is 12.2. The quantitative estimate of drug-likeness (QED) is 0.845. The molecule has 1 unspecified atom stereocenters. The lowest BCUT2D eigenvalue weighted by molar-refractivity contribution is -0.137. The highest BCUT2D eigenvalue weighted by Crippen LogP contribution is 2.14. The third-order valence-corrected chi connectivity index (χ3v) is 2.86. The Labute approximate surface area is 115 Å². The van der Waals surface area contributed by atoms with Gasteiger partial charge in [-0.05, 0) is 19.1 Å². The molecule has 0 saturated heterocycles. The number of carbonyl (C=O) groups excluding carboxylic acids is 1. The van der Waals surface area contributed by atoms with Crippen LogP contribution in [0.2, 0.25) is 0 Å². The summed E-state index contributed by atoms with van der Waals surface area (Å²) in [6, 6.07) is 3.25. The molecule has 0 bridgehead atoms. The van der Waals surface area contributed by atoms with Crippen LogP contribution in [0.25, 0.3) is 5.82 Å². The number of carboxylic acids is 1. The molecule has 0 radical (unpaired) electrons. The third-order valence-electron chi connectivity index (χ3n) is 2.86. The number of aliphatic carboxylic acids is 1. The summed E-state index contributed by atoms with van der Waals surface area (Å²) in [5.41, 5.74) is 0.404. The van der Waals surface area contributed by atoms with Crippen LogP contribution >= 0.6 is 0 Å². The minimum absolute atomic E-state index is 0.120. The lowest BCUT2D eigenvalue weighted by atomic mass is 10.2. The van der Waals surface area contributed by atoms with Crippen molar-refractivity contribution in [3.63, 3.8) is 0 Å². The first-order valence-electron chi connectivity index (χ1n) is 6.17. The number of hydrogen-bond donors (Lipinski definition) is 2. The summed E-state index contributed by atoms with van der Waals surface area (Å²) in [6.45, 7) is 1.65. The predicted octanol–water partition coefficient (Wildman–Crippen LogP) is 0.804. The molecule has 0 aromatic carbocycles. The van der Waals surface area contributed by atoms with E-state index < -0.39 is 12.0 Å². The summed E-state index contributed by atoms with van der Waals surface area (Å²) in [6.07, 6.45) is 4.98. The standard InChI is InChI=1S/C13H16N4O3/c1-9(7-11(18)19)15-12(20)10-8-14-16(2)13(10)17-5-3-4-6-17/h3-6,8-9H,7H2,1-2H3,(H,15,20)(H,18,19). The molecular formula is C13H16N4O3. The van der Waals surface area contributed by atoms with E-state index in [1.807, 2.05) is 24.5 Å². The molecule has 2 rings (SSSR count). The van der Waals surface area contributed by atoms with Crippen molar-refractivity contribution in [3.05, 3.63) is 36.3 Å². The van der Waals surface area contributed by atoms with E-state index in [2.05, 4.69) is 10.4 Å². The van der Waals surface area contributed by atoms with Crippen molar-refractivity contribution in [2.24, 2.45) is 7.05 Å². The number of carbonyl (C=O) groups is 2. The third kappa shape index (κ3) is 2.87. The van der Waals surface area contributed by atoms with Gasteiger partial charge in [-0.1, -0.05) is 0 Å². The van der Waals surface area contributed by atoms with Crippen LogP contribution in [0.15, 0.2) is 30.7 Å². The van der Waals surface area contributed by atoms with Gasteiger partial charge in [-0.25, -0.2) is 0 Å². The molecule has 0 saturated carbocycles. The van der Waals surface area contributed by atoms with Gasteiger partial charge in [-0.3, -0.25) is 14.3 Å². The molecule has 2 aromatic rings. The molecule has 20 heavy (non-hydrogen) atoms. The largest absolute Gasteiger partial charge is 0.481 e. The van der Waals surface area contributed by atoms with E-state index in [1.165, 1.54) is 6.20 Å². The number of aromatic nitrogens is 3. The second kappa shape index (κ2) is 5.60. The predicted molar refractivity (Wildman–Crippen MR) is 71.7 cm³/mol. The van der Waals surface area contributed by atoms with Crippen LogP contribution in [-0.2, 0) is 11.8 Å². The minimum Gasteiger partial charge on any atom is -0.481 e.